The summed E-state index contributed by atoms with van der Waals surface area (Å²) in [5.74, 6) is 0. The average molecular weight is 407 g/mol. The number of rotatable bonds is 0. The maximum atomic E-state index is 3.89. The first-order valence-electron chi connectivity index (χ1n) is 9.62. The van der Waals surface area contributed by atoms with Gasteiger partial charge in [0.2, 0.25) is 0 Å². The van der Waals surface area contributed by atoms with E-state index in [1.165, 1.54) is 43.8 Å². The highest BCUT2D eigenvalue weighted by molar-refractivity contribution is 7.12. The zero-order valence-electron chi connectivity index (χ0n) is 16.1. The smallest absolute Gasteiger partial charge is 0.105 e. The molecule has 0 unspecified atom stereocenters. The SMILES string of the molecule is c1c[nH]cn1.c1cc2ccc3cccc4ccc(c1)c2c34.c1ccc2snnc2c1. The second kappa shape index (κ2) is 8.27. The van der Waals surface area contributed by atoms with Gasteiger partial charge < -0.3 is 4.98 Å². The van der Waals surface area contributed by atoms with E-state index < -0.39 is 0 Å². The molecule has 0 radical (unpaired) electrons. The van der Waals surface area contributed by atoms with Gasteiger partial charge >= 0.3 is 0 Å². The predicted molar refractivity (Wildman–Crippen MR) is 126 cm³/mol. The van der Waals surface area contributed by atoms with Crippen LogP contribution in [0.5, 0.6) is 0 Å². The zero-order chi connectivity index (χ0) is 20.2. The third kappa shape index (κ3) is 3.58. The van der Waals surface area contributed by atoms with E-state index in [-0.39, 0.29) is 0 Å². The van der Waals surface area contributed by atoms with Crippen LogP contribution in [0.1, 0.15) is 0 Å². The van der Waals surface area contributed by atoms with Gasteiger partial charge in [-0.05, 0) is 56.0 Å². The van der Waals surface area contributed by atoms with Crippen molar-refractivity contribution in [2.75, 3.05) is 0 Å². The molecule has 4 nitrogen and oxygen atoms in total. The molecule has 0 aliphatic carbocycles. The van der Waals surface area contributed by atoms with E-state index in [1.54, 1.807) is 18.7 Å². The number of H-pyrrole nitrogens is 1. The summed E-state index contributed by atoms with van der Waals surface area (Å²) in [7, 11) is 0. The Hall–Kier alpha value is -3.83. The van der Waals surface area contributed by atoms with Crippen LogP contribution >= 0.6 is 11.5 Å². The molecular weight excluding hydrogens is 388 g/mol. The average Bonchev–Trinajstić information content (AvgIpc) is 3.53. The van der Waals surface area contributed by atoms with Gasteiger partial charge in [-0.2, -0.15) is 0 Å². The number of aromatic nitrogens is 4. The first kappa shape index (κ1) is 18.2. The molecule has 30 heavy (non-hydrogen) atoms. The fraction of sp³-hybridized carbons (Fsp3) is 0. The second-order valence-electron chi connectivity index (χ2n) is 6.79. The minimum atomic E-state index is 0.988. The molecule has 7 aromatic rings. The van der Waals surface area contributed by atoms with Crippen molar-refractivity contribution < 1.29 is 0 Å². The zero-order valence-corrected chi connectivity index (χ0v) is 16.9. The third-order valence-corrected chi connectivity index (χ3v) is 5.66. The van der Waals surface area contributed by atoms with Crippen molar-refractivity contribution in [3.05, 3.63) is 104 Å². The van der Waals surface area contributed by atoms with Gasteiger partial charge in [-0.25, -0.2) is 4.98 Å². The summed E-state index contributed by atoms with van der Waals surface area (Å²) in [6, 6.07) is 29.8. The molecule has 5 aromatic carbocycles. The van der Waals surface area contributed by atoms with E-state index >= 15 is 0 Å². The molecule has 144 valence electrons. The van der Waals surface area contributed by atoms with Gasteiger partial charge in [-0.1, -0.05) is 77.3 Å². The summed E-state index contributed by atoms with van der Waals surface area (Å²) in [6.07, 6.45) is 5.08. The van der Waals surface area contributed by atoms with Crippen LogP contribution in [0.25, 0.3) is 42.5 Å². The summed E-state index contributed by atoms with van der Waals surface area (Å²) >= 11 is 1.43. The molecule has 5 heteroatoms. The van der Waals surface area contributed by atoms with Gasteiger partial charge in [0.25, 0.3) is 0 Å². The van der Waals surface area contributed by atoms with Crippen LogP contribution in [0.3, 0.4) is 0 Å². The number of nitrogens with zero attached hydrogens (tertiary/aromatic N) is 3. The van der Waals surface area contributed by atoms with E-state index in [0.717, 1.165) is 10.2 Å². The highest BCUT2D eigenvalue weighted by Crippen LogP contribution is 2.33. The lowest BCUT2D eigenvalue weighted by molar-refractivity contribution is 1.20. The standard InChI is InChI=1S/C16H10.C6H4N2S.C3H4N2/c1-3-11-7-9-13-5-2-6-14-10-8-12(4-1)15(11)16(13)14;1-2-4-6-5(3-1)7-8-9-6;1-2-5-3-4-1/h1-10H;1-4H;1-3H,(H,4,5). The Balaban J connectivity index is 0.000000115. The topological polar surface area (TPSA) is 54.5 Å². The molecule has 0 spiro atoms. The number of benzene rings is 5. The Morgan fingerprint density at radius 2 is 1.23 bits per heavy atom. The second-order valence-corrected chi connectivity index (χ2v) is 7.58. The first-order valence-corrected chi connectivity index (χ1v) is 10.4. The molecule has 0 saturated carbocycles. The molecule has 2 aromatic heterocycles. The van der Waals surface area contributed by atoms with Gasteiger partial charge in [0.05, 0.1) is 11.0 Å². The van der Waals surface area contributed by atoms with Crippen molar-refractivity contribution in [2.24, 2.45) is 0 Å². The van der Waals surface area contributed by atoms with Crippen LogP contribution in [0.2, 0.25) is 0 Å². The van der Waals surface area contributed by atoms with Gasteiger partial charge in [-0.3, -0.25) is 0 Å². The lowest BCUT2D eigenvalue weighted by atomic mass is 9.95. The highest BCUT2D eigenvalue weighted by Gasteiger charge is 2.05. The normalized spacial score (nSPS) is 10.7. The number of imidazole rings is 1. The van der Waals surface area contributed by atoms with Gasteiger partial charge in [0.1, 0.15) is 5.52 Å². The molecule has 0 fully saturated rings. The summed E-state index contributed by atoms with van der Waals surface area (Å²) in [4.78, 5) is 6.42. The largest absolute Gasteiger partial charge is 0.351 e. The molecule has 0 atom stereocenters. The molecule has 2 heterocycles. The van der Waals surface area contributed by atoms with Crippen LogP contribution in [-0.2, 0) is 0 Å². The number of hydrogen-bond donors (Lipinski definition) is 1. The lowest BCUT2D eigenvalue weighted by Gasteiger charge is -2.09. The minimum Gasteiger partial charge on any atom is -0.351 e. The number of aromatic amines is 1. The van der Waals surface area contributed by atoms with Gasteiger partial charge in [-0.15, -0.1) is 5.10 Å². The number of fused-ring (bicyclic) bond motifs is 1. The quantitative estimate of drug-likeness (QED) is 0.286. The van der Waals surface area contributed by atoms with E-state index in [4.69, 9.17) is 0 Å². The highest BCUT2D eigenvalue weighted by atomic mass is 32.1. The van der Waals surface area contributed by atoms with Crippen LogP contribution in [-0.4, -0.2) is 19.6 Å². The monoisotopic (exact) mass is 406 g/mol. The fourth-order valence-electron chi connectivity index (χ4n) is 3.61. The molecule has 7 rings (SSSR count). The van der Waals surface area contributed by atoms with Crippen molar-refractivity contribution >= 4 is 54.1 Å². The summed E-state index contributed by atoms with van der Waals surface area (Å²) < 4.78 is 4.94. The van der Waals surface area contributed by atoms with Crippen LogP contribution in [0.15, 0.2) is 104 Å². The van der Waals surface area contributed by atoms with E-state index in [9.17, 15) is 0 Å². The predicted octanol–water partition coefficient (Wildman–Crippen LogP) is 6.69. The van der Waals surface area contributed by atoms with Crippen LogP contribution < -0.4 is 0 Å². The molecule has 0 aliphatic rings. The van der Waals surface area contributed by atoms with E-state index in [1.807, 2.05) is 24.3 Å². The van der Waals surface area contributed by atoms with E-state index in [0.29, 0.717) is 0 Å². The van der Waals surface area contributed by atoms with E-state index in [2.05, 4.69) is 80.2 Å². The molecule has 1 N–H and O–H groups in total. The van der Waals surface area contributed by atoms with Gasteiger partial charge in [0.15, 0.2) is 0 Å². The Morgan fingerprint density at radius 3 is 1.70 bits per heavy atom. The summed E-state index contributed by atoms with van der Waals surface area (Å²) in [6.45, 7) is 0. The minimum absolute atomic E-state index is 0.988. The maximum Gasteiger partial charge on any atom is 0.105 e. The Labute approximate surface area is 177 Å². The first-order chi connectivity index (χ1) is 14.9. The third-order valence-electron chi connectivity index (χ3n) is 4.95. The van der Waals surface area contributed by atoms with Crippen molar-refractivity contribution in [1.82, 2.24) is 19.6 Å². The molecule has 0 saturated heterocycles. The van der Waals surface area contributed by atoms with Gasteiger partial charge in [0, 0.05) is 12.4 Å². The summed E-state index contributed by atoms with van der Waals surface area (Å²) in [5, 5.41) is 12.0. The Morgan fingerprint density at radius 1 is 0.633 bits per heavy atom. The van der Waals surface area contributed by atoms with Crippen LogP contribution in [0, 0.1) is 0 Å². The van der Waals surface area contributed by atoms with Crippen molar-refractivity contribution in [3.8, 4) is 0 Å². The van der Waals surface area contributed by atoms with Crippen molar-refractivity contribution in [3.63, 3.8) is 0 Å². The molecule has 0 bridgehead atoms. The molecular formula is C25H18N4S. The molecule has 0 aliphatic heterocycles. The molecule has 0 amide bonds. The van der Waals surface area contributed by atoms with Crippen LogP contribution in [0.4, 0.5) is 0 Å². The van der Waals surface area contributed by atoms with Crippen molar-refractivity contribution in [2.45, 2.75) is 0 Å². The Kier molecular flexibility index (Phi) is 5.02. The number of hydrogen-bond acceptors (Lipinski definition) is 4. The Bertz CT molecular complexity index is 1330. The summed E-state index contributed by atoms with van der Waals surface area (Å²) in [5.41, 5.74) is 0.988. The maximum absolute atomic E-state index is 3.89. The fourth-order valence-corrected chi connectivity index (χ4v) is 4.17. The lowest BCUT2D eigenvalue weighted by Crippen LogP contribution is -1.82. The number of nitrogens with one attached hydrogen (secondary N) is 1. The van der Waals surface area contributed by atoms with Crippen molar-refractivity contribution in [1.29, 1.82) is 0 Å².